The average Bonchev–Trinajstić information content (AvgIpc) is 2.91. The van der Waals surface area contributed by atoms with E-state index in [0.29, 0.717) is 17.9 Å². The van der Waals surface area contributed by atoms with Crippen LogP contribution in [-0.4, -0.2) is 18.7 Å². The highest BCUT2D eigenvalue weighted by molar-refractivity contribution is 9.11. The van der Waals surface area contributed by atoms with E-state index >= 15 is 0 Å². The molecule has 0 saturated heterocycles. The van der Waals surface area contributed by atoms with Crippen molar-refractivity contribution >= 4 is 39.4 Å². The van der Waals surface area contributed by atoms with Gasteiger partial charge in [0, 0.05) is 10.4 Å². The molecule has 6 heteroatoms. The van der Waals surface area contributed by atoms with E-state index in [-0.39, 0.29) is 5.91 Å². The first kappa shape index (κ1) is 15.5. The summed E-state index contributed by atoms with van der Waals surface area (Å²) in [6.07, 6.45) is 3.27. The Hall–Kier alpha value is -1.92. The van der Waals surface area contributed by atoms with Crippen LogP contribution in [0, 0.1) is 0 Å². The Bertz CT molecular complexity index is 650. The molecular formula is C15H13BrN2O2S. The Morgan fingerprint density at radius 2 is 2.10 bits per heavy atom. The van der Waals surface area contributed by atoms with Crippen LogP contribution in [0.15, 0.2) is 57.9 Å². The fourth-order valence-electron chi connectivity index (χ4n) is 1.47. The van der Waals surface area contributed by atoms with Crippen LogP contribution >= 0.6 is 27.3 Å². The number of hydrogen-bond donors (Lipinski definition) is 1. The molecule has 1 N–H and O–H groups in total. The van der Waals surface area contributed by atoms with Crippen LogP contribution < -0.4 is 10.2 Å². The molecular weight excluding hydrogens is 352 g/mol. The van der Waals surface area contributed by atoms with Crippen molar-refractivity contribution in [2.24, 2.45) is 5.10 Å². The minimum atomic E-state index is -0.267. The summed E-state index contributed by atoms with van der Waals surface area (Å²) in [5.74, 6) is 0.426. The first-order valence-electron chi connectivity index (χ1n) is 6.11. The number of hydrogen-bond acceptors (Lipinski definition) is 4. The maximum atomic E-state index is 11.9. The van der Waals surface area contributed by atoms with Gasteiger partial charge in [0.1, 0.15) is 12.4 Å². The molecule has 0 bridgehead atoms. The number of amides is 1. The summed E-state index contributed by atoms with van der Waals surface area (Å²) < 4.78 is 6.37. The van der Waals surface area contributed by atoms with E-state index in [1.165, 1.54) is 11.3 Å². The largest absolute Gasteiger partial charge is 0.490 e. The van der Waals surface area contributed by atoms with Gasteiger partial charge < -0.3 is 4.74 Å². The SMILES string of the molecule is C=CCOc1ccc(C(=O)N/N=C\c2ccc(Br)s2)cc1. The third-order valence-corrected chi connectivity index (χ3v) is 3.99. The molecule has 0 spiro atoms. The maximum Gasteiger partial charge on any atom is 0.271 e. The molecule has 0 radical (unpaired) electrons. The van der Waals surface area contributed by atoms with Crippen molar-refractivity contribution in [3.63, 3.8) is 0 Å². The van der Waals surface area contributed by atoms with Crippen molar-refractivity contribution in [2.45, 2.75) is 0 Å². The topological polar surface area (TPSA) is 50.7 Å². The lowest BCUT2D eigenvalue weighted by molar-refractivity contribution is 0.0955. The molecule has 0 aliphatic carbocycles. The fourth-order valence-corrected chi connectivity index (χ4v) is 2.77. The second-order valence-corrected chi connectivity index (χ2v) is 6.46. The van der Waals surface area contributed by atoms with Gasteiger partial charge in [0.25, 0.3) is 5.91 Å². The molecule has 108 valence electrons. The highest BCUT2D eigenvalue weighted by atomic mass is 79.9. The van der Waals surface area contributed by atoms with Crippen molar-refractivity contribution in [3.05, 3.63) is 63.3 Å². The second-order valence-electron chi connectivity index (χ2n) is 3.97. The van der Waals surface area contributed by atoms with Gasteiger partial charge in [0.05, 0.1) is 10.0 Å². The highest BCUT2D eigenvalue weighted by Crippen LogP contribution is 2.20. The molecule has 1 aromatic heterocycles. The van der Waals surface area contributed by atoms with Crippen LogP contribution in [0.4, 0.5) is 0 Å². The van der Waals surface area contributed by atoms with Crippen LogP contribution in [0.5, 0.6) is 5.75 Å². The maximum absolute atomic E-state index is 11.9. The third-order valence-electron chi connectivity index (χ3n) is 2.44. The summed E-state index contributed by atoms with van der Waals surface area (Å²) in [6.45, 7) is 4.01. The fraction of sp³-hybridized carbons (Fsp3) is 0.0667. The van der Waals surface area contributed by atoms with Gasteiger partial charge in [-0.3, -0.25) is 4.79 Å². The van der Waals surface area contributed by atoms with Crippen LogP contribution in [0.2, 0.25) is 0 Å². The quantitative estimate of drug-likeness (QED) is 0.480. The lowest BCUT2D eigenvalue weighted by Gasteiger charge is -2.04. The summed E-state index contributed by atoms with van der Waals surface area (Å²) in [5, 5.41) is 3.92. The van der Waals surface area contributed by atoms with Crippen LogP contribution in [0.1, 0.15) is 15.2 Å². The van der Waals surface area contributed by atoms with Gasteiger partial charge >= 0.3 is 0 Å². The van der Waals surface area contributed by atoms with Crippen molar-refractivity contribution in [3.8, 4) is 5.75 Å². The van der Waals surface area contributed by atoms with E-state index in [1.54, 1.807) is 36.6 Å². The number of halogens is 1. The molecule has 4 nitrogen and oxygen atoms in total. The summed E-state index contributed by atoms with van der Waals surface area (Å²) >= 11 is 4.90. The normalized spacial score (nSPS) is 10.5. The van der Waals surface area contributed by atoms with Gasteiger partial charge in [-0.15, -0.1) is 11.3 Å². The number of carbonyl (C=O) groups excluding carboxylic acids is 1. The third kappa shape index (κ3) is 4.84. The number of thiophene rings is 1. The number of nitrogens with zero attached hydrogens (tertiary/aromatic N) is 1. The highest BCUT2D eigenvalue weighted by Gasteiger charge is 2.04. The number of hydrazone groups is 1. The number of rotatable bonds is 6. The van der Waals surface area contributed by atoms with E-state index in [4.69, 9.17) is 4.74 Å². The summed E-state index contributed by atoms with van der Waals surface area (Å²) in [7, 11) is 0. The van der Waals surface area contributed by atoms with Crippen molar-refractivity contribution in [1.29, 1.82) is 0 Å². The van der Waals surface area contributed by atoms with E-state index in [2.05, 4.69) is 33.0 Å². The number of nitrogens with one attached hydrogen (secondary N) is 1. The zero-order chi connectivity index (χ0) is 15.1. The number of benzene rings is 1. The van der Waals surface area contributed by atoms with Crippen LogP contribution in [0.25, 0.3) is 0 Å². The standard InChI is InChI=1S/C15H13BrN2O2S/c1-2-9-20-12-5-3-11(4-6-12)15(19)18-17-10-13-7-8-14(16)21-13/h2-8,10H,1,9H2,(H,18,19)/b17-10-. The average molecular weight is 365 g/mol. The molecule has 0 aliphatic heterocycles. The number of ether oxygens (including phenoxy) is 1. The Kier molecular flexibility index (Phi) is 5.71. The van der Waals surface area contributed by atoms with Gasteiger partial charge in [-0.05, 0) is 52.3 Å². The van der Waals surface area contributed by atoms with E-state index in [9.17, 15) is 4.79 Å². The number of carbonyl (C=O) groups is 1. The molecule has 0 fully saturated rings. The monoisotopic (exact) mass is 364 g/mol. The molecule has 1 amide bonds. The van der Waals surface area contributed by atoms with E-state index in [0.717, 1.165) is 8.66 Å². The molecule has 0 aliphatic rings. The summed E-state index contributed by atoms with van der Waals surface area (Å²) in [6, 6.07) is 10.7. The first-order valence-corrected chi connectivity index (χ1v) is 7.72. The minimum absolute atomic E-state index is 0.267. The predicted molar refractivity (Wildman–Crippen MR) is 89.2 cm³/mol. The Labute approximate surface area is 135 Å². The molecule has 2 rings (SSSR count). The Morgan fingerprint density at radius 1 is 1.33 bits per heavy atom. The van der Waals surface area contributed by atoms with Crippen LogP contribution in [-0.2, 0) is 0 Å². The van der Waals surface area contributed by atoms with E-state index in [1.807, 2.05) is 12.1 Å². The van der Waals surface area contributed by atoms with Crippen molar-refractivity contribution in [2.75, 3.05) is 6.61 Å². The zero-order valence-corrected chi connectivity index (χ0v) is 13.5. The first-order chi connectivity index (χ1) is 10.2. The Balaban J connectivity index is 1.90. The van der Waals surface area contributed by atoms with Gasteiger partial charge in [-0.2, -0.15) is 5.10 Å². The van der Waals surface area contributed by atoms with E-state index < -0.39 is 0 Å². The second kappa shape index (κ2) is 7.75. The minimum Gasteiger partial charge on any atom is -0.490 e. The zero-order valence-electron chi connectivity index (χ0n) is 11.1. The Morgan fingerprint density at radius 3 is 2.71 bits per heavy atom. The van der Waals surface area contributed by atoms with Gasteiger partial charge in [-0.25, -0.2) is 5.43 Å². The van der Waals surface area contributed by atoms with Gasteiger partial charge in [0.2, 0.25) is 0 Å². The smallest absolute Gasteiger partial charge is 0.271 e. The molecule has 0 saturated carbocycles. The lowest BCUT2D eigenvalue weighted by Crippen LogP contribution is -2.17. The summed E-state index contributed by atoms with van der Waals surface area (Å²) in [5.41, 5.74) is 3.00. The van der Waals surface area contributed by atoms with Crippen LogP contribution in [0.3, 0.4) is 0 Å². The molecule has 21 heavy (non-hydrogen) atoms. The molecule has 0 atom stereocenters. The molecule has 1 heterocycles. The summed E-state index contributed by atoms with van der Waals surface area (Å²) in [4.78, 5) is 12.8. The van der Waals surface area contributed by atoms with Crippen molar-refractivity contribution < 1.29 is 9.53 Å². The van der Waals surface area contributed by atoms with Gasteiger partial charge in [0.15, 0.2) is 0 Å². The molecule has 0 unspecified atom stereocenters. The van der Waals surface area contributed by atoms with Gasteiger partial charge in [-0.1, -0.05) is 12.7 Å². The molecule has 2 aromatic rings. The molecule has 1 aromatic carbocycles. The van der Waals surface area contributed by atoms with Crippen molar-refractivity contribution in [1.82, 2.24) is 5.43 Å². The lowest BCUT2D eigenvalue weighted by atomic mass is 10.2. The predicted octanol–water partition coefficient (Wildman–Crippen LogP) is 3.84.